The molecule has 114 valence electrons. The SMILES string of the molecule is Cl.Cl.NC(=O)c1cncc(OC[C@H]2CC[C@H](N)CC2)c1. The Balaban J connectivity index is 0.00000180. The monoisotopic (exact) mass is 321 g/mol. The van der Waals surface area contributed by atoms with Crippen LogP contribution >= 0.6 is 24.8 Å². The third-order valence-corrected chi connectivity index (χ3v) is 3.37. The summed E-state index contributed by atoms with van der Waals surface area (Å²) >= 11 is 0. The van der Waals surface area contributed by atoms with Gasteiger partial charge in [-0.2, -0.15) is 0 Å². The lowest BCUT2D eigenvalue weighted by Gasteiger charge is -2.25. The molecule has 7 heteroatoms. The van der Waals surface area contributed by atoms with Crippen LogP contribution in [-0.4, -0.2) is 23.5 Å². The lowest BCUT2D eigenvalue weighted by molar-refractivity contribution is 0.0999. The van der Waals surface area contributed by atoms with Gasteiger partial charge in [0.1, 0.15) is 5.75 Å². The van der Waals surface area contributed by atoms with E-state index in [0.717, 1.165) is 25.7 Å². The standard InChI is InChI=1S/C13H19N3O2.2ClH/c14-11-3-1-9(2-4-11)8-18-12-5-10(13(15)17)6-16-7-12;;/h5-7,9,11H,1-4,8,14H2,(H2,15,17);2*1H/t9-,11-;;. The van der Waals surface area contributed by atoms with E-state index in [4.69, 9.17) is 16.2 Å². The van der Waals surface area contributed by atoms with Gasteiger partial charge in [-0.15, -0.1) is 24.8 Å². The van der Waals surface area contributed by atoms with Gasteiger partial charge >= 0.3 is 0 Å². The third-order valence-electron chi connectivity index (χ3n) is 3.37. The summed E-state index contributed by atoms with van der Waals surface area (Å²) in [6.07, 6.45) is 7.37. The van der Waals surface area contributed by atoms with Gasteiger partial charge in [-0.25, -0.2) is 0 Å². The van der Waals surface area contributed by atoms with Crippen LogP contribution in [0.3, 0.4) is 0 Å². The fourth-order valence-electron chi connectivity index (χ4n) is 2.20. The second-order valence-corrected chi connectivity index (χ2v) is 4.87. The van der Waals surface area contributed by atoms with Crippen LogP contribution in [0.25, 0.3) is 0 Å². The Bertz CT molecular complexity index is 424. The van der Waals surface area contributed by atoms with Crippen LogP contribution in [0, 0.1) is 5.92 Å². The smallest absolute Gasteiger partial charge is 0.250 e. The molecule has 1 aromatic rings. The molecule has 20 heavy (non-hydrogen) atoms. The quantitative estimate of drug-likeness (QED) is 0.886. The number of hydrogen-bond donors (Lipinski definition) is 2. The second-order valence-electron chi connectivity index (χ2n) is 4.87. The molecular formula is C13H21Cl2N3O2. The summed E-state index contributed by atoms with van der Waals surface area (Å²) in [6.45, 7) is 0.649. The predicted molar refractivity (Wildman–Crippen MR) is 82.7 cm³/mol. The van der Waals surface area contributed by atoms with Crippen molar-refractivity contribution in [2.45, 2.75) is 31.7 Å². The van der Waals surface area contributed by atoms with Crippen LogP contribution in [0.5, 0.6) is 5.75 Å². The van der Waals surface area contributed by atoms with Crippen LogP contribution in [0.15, 0.2) is 18.5 Å². The summed E-state index contributed by atoms with van der Waals surface area (Å²) in [4.78, 5) is 14.9. The van der Waals surface area contributed by atoms with Gasteiger partial charge in [0.05, 0.1) is 18.4 Å². The van der Waals surface area contributed by atoms with Gasteiger partial charge in [0.15, 0.2) is 0 Å². The van der Waals surface area contributed by atoms with Crippen molar-refractivity contribution in [3.63, 3.8) is 0 Å². The van der Waals surface area contributed by atoms with Gasteiger partial charge in [-0.3, -0.25) is 9.78 Å². The molecule has 5 nitrogen and oxygen atoms in total. The molecular weight excluding hydrogens is 301 g/mol. The highest BCUT2D eigenvalue weighted by atomic mass is 35.5. The number of halogens is 2. The molecule has 0 aliphatic heterocycles. The lowest BCUT2D eigenvalue weighted by Crippen LogP contribution is -2.28. The molecule has 2 rings (SSSR count). The van der Waals surface area contributed by atoms with Gasteiger partial charge in [0.2, 0.25) is 5.91 Å². The van der Waals surface area contributed by atoms with E-state index in [0.29, 0.717) is 29.9 Å². The maximum absolute atomic E-state index is 11.0. The van der Waals surface area contributed by atoms with Crippen molar-refractivity contribution in [2.24, 2.45) is 17.4 Å². The minimum absolute atomic E-state index is 0. The van der Waals surface area contributed by atoms with E-state index in [9.17, 15) is 4.79 Å². The van der Waals surface area contributed by atoms with Crippen LogP contribution in [0.1, 0.15) is 36.0 Å². The van der Waals surface area contributed by atoms with Gasteiger partial charge in [-0.05, 0) is 37.7 Å². The first-order chi connectivity index (χ1) is 8.65. The predicted octanol–water partition coefficient (Wildman–Crippen LogP) is 1.92. The molecule has 1 amide bonds. The molecule has 1 heterocycles. The summed E-state index contributed by atoms with van der Waals surface area (Å²) in [5.41, 5.74) is 11.4. The van der Waals surface area contributed by atoms with E-state index in [1.807, 2.05) is 0 Å². The average molecular weight is 322 g/mol. The van der Waals surface area contributed by atoms with Crippen LogP contribution in [-0.2, 0) is 0 Å². The molecule has 0 atom stereocenters. The van der Waals surface area contributed by atoms with Gasteiger partial charge in [0, 0.05) is 12.2 Å². The summed E-state index contributed by atoms with van der Waals surface area (Å²) in [6, 6.07) is 1.98. The number of nitrogens with two attached hydrogens (primary N) is 2. The Morgan fingerprint density at radius 2 is 1.90 bits per heavy atom. The van der Waals surface area contributed by atoms with E-state index in [1.165, 1.54) is 6.20 Å². The van der Waals surface area contributed by atoms with Gasteiger partial charge in [-0.1, -0.05) is 0 Å². The van der Waals surface area contributed by atoms with Gasteiger partial charge < -0.3 is 16.2 Å². The number of ether oxygens (including phenoxy) is 1. The minimum atomic E-state index is -0.489. The second kappa shape index (κ2) is 9.00. The molecule has 0 saturated heterocycles. The van der Waals surface area contributed by atoms with E-state index in [-0.39, 0.29) is 24.8 Å². The number of carbonyl (C=O) groups is 1. The molecule has 1 aliphatic carbocycles. The third kappa shape index (κ3) is 5.53. The zero-order valence-corrected chi connectivity index (χ0v) is 12.8. The van der Waals surface area contributed by atoms with Crippen molar-refractivity contribution in [3.05, 3.63) is 24.0 Å². The first-order valence-corrected chi connectivity index (χ1v) is 6.28. The fraction of sp³-hybridized carbons (Fsp3) is 0.538. The molecule has 0 radical (unpaired) electrons. The van der Waals surface area contributed by atoms with E-state index >= 15 is 0 Å². The maximum atomic E-state index is 11.0. The normalized spacial score (nSPS) is 21.2. The Kier molecular flexibility index (Phi) is 8.53. The van der Waals surface area contributed by atoms with Crippen LogP contribution in [0.4, 0.5) is 0 Å². The number of primary amides is 1. The summed E-state index contributed by atoms with van der Waals surface area (Å²) in [7, 11) is 0. The Morgan fingerprint density at radius 3 is 2.50 bits per heavy atom. The van der Waals surface area contributed by atoms with Gasteiger partial charge in [0.25, 0.3) is 0 Å². The van der Waals surface area contributed by atoms with Crippen molar-refractivity contribution in [2.75, 3.05) is 6.61 Å². The van der Waals surface area contributed by atoms with Crippen molar-refractivity contribution >= 4 is 30.7 Å². The summed E-state index contributed by atoms with van der Waals surface area (Å²) in [5, 5.41) is 0. The largest absolute Gasteiger partial charge is 0.492 e. The van der Waals surface area contributed by atoms with Crippen molar-refractivity contribution in [3.8, 4) is 5.75 Å². The molecule has 1 fully saturated rings. The number of nitrogens with zero attached hydrogens (tertiary/aromatic N) is 1. The number of rotatable bonds is 4. The Labute approximate surface area is 131 Å². The van der Waals surface area contributed by atoms with E-state index in [1.54, 1.807) is 12.3 Å². The number of pyridine rings is 1. The number of amides is 1. The highest BCUT2D eigenvalue weighted by Crippen LogP contribution is 2.24. The average Bonchev–Trinajstić information content (AvgIpc) is 2.38. The highest BCUT2D eigenvalue weighted by Gasteiger charge is 2.19. The molecule has 0 bridgehead atoms. The molecule has 0 aromatic carbocycles. The van der Waals surface area contributed by atoms with Crippen LogP contribution in [0.2, 0.25) is 0 Å². The van der Waals surface area contributed by atoms with E-state index in [2.05, 4.69) is 4.98 Å². The molecule has 1 aliphatic rings. The number of aromatic nitrogens is 1. The first-order valence-electron chi connectivity index (χ1n) is 6.28. The van der Waals surface area contributed by atoms with Crippen molar-refractivity contribution in [1.82, 2.24) is 4.98 Å². The Morgan fingerprint density at radius 1 is 1.25 bits per heavy atom. The zero-order chi connectivity index (χ0) is 13.0. The molecule has 1 aromatic heterocycles. The first kappa shape index (κ1) is 19.0. The molecule has 4 N–H and O–H groups in total. The van der Waals surface area contributed by atoms with E-state index < -0.39 is 5.91 Å². The lowest BCUT2D eigenvalue weighted by atomic mass is 9.87. The summed E-state index contributed by atoms with van der Waals surface area (Å²) < 4.78 is 5.66. The summed E-state index contributed by atoms with van der Waals surface area (Å²) in [5.74, 6) is 0.653. The van der Waals surface area contributed by atoms with Crippen molar-refractivity contribution in [1.29, 1.82) is 0 Å². The zero-order valence-electron chi connectivity index (χ0n) is 11.2. The molecule has 0 unspecified atom stereocenters. The number of hydrogen-bond acceptors (Lipinski definition) is 4. The minimum Gasteiger partial charge on any atom is -0.492 e. The number of carbonyl (C=O) groups excluding carboxylic acids is 1. The Hall–Kier alpha value is -1.04. The molecule has 1 saturated carbocycles. The topological polar surface area (TPSA) is 91.2 Å². The highest BCUT2D eigenvalue weighted by molar-refractivity contribution is 5.92. The van der Waals surface area contributed by atoms with Crippen molar-refractivity contribution < 1.29 is 9.53 Å². The maximum Gasteiger partial charge on any atom is 0.250 e. The fourth-order valence-corrected chi connectivity index (χ4v) is 2.20. The van der Waals surface area contributed by atoms with Crippen LogP contribution < -0.4 is 16.2 Å². The molecule has 0 spiro atoms.